The van der Waals surface area contributed by atoms with E-state index >= 15 is 0 Å². The molecule has 0 aliphatic carbocycles. The summed E-state index contributed by atoms with van der Waals surface area (Å²) in [5.41, 5.74) is 2.71. The molecule has 4 heteroatoms. The Kier molecular flexibility index (Phi) is 2.99. The first kappa shape index (κ1) is 11.0. The number of aromatic nitrogens is 2. The Morgan fingerprint density at radius 1 is 1.59 bits per heavy atom. The fourth-order valence-electron chi connectivity index (χ4n) is 2.41. The molecule has 1 saturated heterocycles. The Morgan fingerprint density at radius 2 is 2.53 bits per heavy atom. The predicted octanol–water partition coefficient (Wildman–Crippen LogP) is 2.73. The maximum absolute atomic E-state index is 4.30. The summed E-state index contributed by atoms with van der Waals surface area (Å²) in [5, 5.41) is 5.70. The lowest BCUT2D eigenvalue weighted by Crippen LogP contribution is -2.17. The highest BCUT2D eigenvalue weighted by molar-refractivity contribution is 7.10. The van der Waals surface area contributed by atoms with E-state index in [1.165, 1.54) is 29.0 Å². The molecule has 1 N–H and O–H groups in total. The fourth-order valence-corrected chi connectivity index (χ4v) is 3.32. The van der Waals surface area contributed by atoms with Crippen LogP contribution in [0.2, 0.25) is 0 Å². The Bertz CT molecular complexity index is 494. The monoisotopic (exact) mass is 247 g/mol. The minimum atomic E-state index is 0.498. The number of aryl methyl sites for hydroxylation is 1. The molecule has 0 radical (unpaired) electrons. The van der Waals surface area contributed by atoms with Gasteiger partial charge in [0.15, 0.2) is 0 Å². The number of nitrogens with one attached hydrogen (secondary N) is 1. The van der Waals surface area contributed by atoms with E-state index in [0.29, 0.717) is 6.04 Å². The largest absolute Gasteiger partial charge is 0.328 e. The molecule has 17 heavy (non-hydrogen) atoms. The highest BCUT2D eigenvalue weighted by Gasteiger charge is 2.19. The van der Waals surface area contributed by atoms with Crippen molar-refractivity contribution in [3.8, 4) is 0 Å². The van der Waals surface area contributed by atoms with Crippen LogP contribution in [0.15, 0.2) is 24.0 Å². The second-order valence-corrected chi connectivity index (χ2v) is 5.62. The zero-order chi connectivity index (χ0) is 11.7. The molecular formula is C13H17N3S. The molecule has 1 aliphatic rings. The molecule has 1 atom stereocenters. The van der Waals surface area contributed by atoms with Crippen LogP contribution in [0.5, 0.6) is 0 Å². The summed E-state index contributed by atoms with van der Waals surface area (Å²) in [4.78, 5) is 5.74. The molecule has 0 amide bonds. The molecule has 0 bridgehead atoms. The van der Waals surface area contributed by atoms with Crippen LogP contribution < -0.4 is 5.32 Å². The van der Waals surface area contributed by atoms with Crippen molar-refractivity contribution in [1.82, 2.24) is 14.9 Å². The molecule has 3 heterocycles. The normalized spacial score (nSPS) is 19.9. The maximum Gasteiger partial charge on any atom is 0.0952 e. The van der Waals surface area contributed by atoms with Crippen LogP contribution >= 0.6 is 11.3 Å². The summed E-state index contributed by atoms with van der Waals surface area (Å²) in [6.07, 6.45) is 6.46. The van der Waals surface area contributed by atoms with Crippen LogP contribution in [0, 0.1) is 6.92 Å². The van der Waals surface area contributed by atoms with E-state index in [2.05, 4.69) is 33.2 Å². The zero-order valence-electron chi connectivity index (χ0n) is 10.0. The molecule has 1 fully saturated rings. The van der Waals surface area contributed by atoms with E-state index in [1.807, 2.05) is 23.9 Å². The van der Waals surface area contributed by atoms with Crippen molar-refractivity contribution in [2.24, 2.45) is 0 Å². The number of hydrogen-bond acceptors (Lipinski definition) is 3. The highest BCUT2D eigenvalue weighted by atomic mass is 32.1. The van der Waals surface area contributed by atoms with Crippen molar-refractivity contribution in [2.45, 2.75) is 32.4 Å². The molecule has 3 nitrogen and oxygen atoms in total. The van der Waals surface area contributed by atoms with Gasteiger partial charge in [0.1, 0.15) is 0 Å². The van der Waals surface area contributed by atoms with Gasteiger partial charge in [-0.1, -0.05) is 0 Å². The average Bonchev–Trinajstić information content (AvgIpc) is 3.02. The number of rotatable bonds is 3. The SMILES string of the molecule is Cc1ccsc1Cn1cncc1[C@@H]1CCCN1. The van der Waals surface area contributed by atoms with Gasteiger partial charge in [-0.05, 0) is 43.3 Å². The van der Waals surface area contributed by atoms with Gasteiger partial charge in [-0.25, -0.2) is 4.98 Å². The molecule has 3 rings (SSSR count). The molecule has 0 unspecified atom stereocenters. The average molecular weight is 247 g/mol. The van der Waals surface area contributed by atoms with Gasteiger partial charge in [-0.2, -0.15) is 0 Å². The molecule has 0 aromatic carbocycles. The van der Waals surface area contributed by atoms with Crippen LogP contribution in [-0.2, 0) is 6.54 Å². The van der Waals surface area contributed by atoms with Crippen LogP contribution in [0.25, 0.3) is 0 Å². The summed E-state index contributed by atoms with van der Waals surface area (Å²) in [5.74, 6) is 0. The maximum atomic E-state index is 4.30. The van der Waals surface area contributed by atoms with E-state index in [1.54, 1.807) is 0 Å². The Labute approximate surface area is 106 Å². The Balaban J connectivity index is 1.84. The quantitative estimate of drug-likeness (QED) is 0.904. The van der Waals surface area contributed by atoms with E-state index in [9.17, 15) is 0 Å². The lowest BCUT2D eigenvalue weighted by atomic mass is 10.1. The van der Waals surface area contributed by atoms with Gasteiger partial charge < -0.3 is 9.88 Å². The van der Waals surface area contributed by atoms with E-state index in [0.717, 1.165) is 13.1 Å². The van der Waals surface area contributed by atoms with Crippen molar-refractivity contribution in [1.29, 1.82) is 0 Å². The first-order valence-electron chi connectivity index (χ1n) is 6.11. The summed E-state index contributed by atoms with van der Waals surface area (Å²) in [7, 11) is 0. The molecule has 0 saturated carbocycles. The Morgan fingerprint density at radius 3 is 3.24 bits per heavy atom. The third kappa shape index (κ3) is 2.15. The smallest absolute Gasteiger partial charge is 0.0952 e. The topological polar surface area (TPSA) is 29.9 Å². The van der Waals surface area contributed by atoms with Crippen LogP contribution in [-0.4, -0.2) is 16.1 Å². The van der Waals surface area contributed by atoms with E-state index in [-0.39, 0.29) is 0 Å². The molecule has 1 aliphatic heterocycles. The lowest BCUT2D eigenvalue weighted by Gasteiger charge is -2.13. The zero-order valence-corrected chi connectivity index (χ0v) is 10.8. The lowest BCUT2D eigenvalue weighted by molar-refractivity contribution is 0.585. The second kappa shape index (κ2) is 4.63. The summed E-state index contributed by atoms with van der Waals surface area (Å²) < 4.78 is 2.28. The second-order valence-electron chi connectivity index (χ2n) is 4.62. The first-order valence-corrected chi connectivity index (χ1v) is 6.99. The van der Waals surface area contributed by atoms with Crippen LogP contribution in [0.1, 0.15) is 35.0 Å². The molecule has 0 spiro atoms. The van der Waals surface area contributed by atoms with E-state index < -0.39 is 0 Å². The molecule has 2 aromatic rings. The third-order valence-electron chi connectivity index (χ3n) is 3.44. The number of hydrogen-bond donors (Lipinski definition) is 1. The van der Waals surface area contributed by atoms with Crippen molar-refractivity contribution >= 4 is 11.3 Å². The highest BCUT2D eigenvalue weighted by Crippen LogP contribution is 2.24. The number of thiophene rings is 1. The Hall–Kier alpha value is -1.13. The summed E-state index contributed by atoms with van der Waals surface area (Å²) in [6.45, 7) is 4.27. The summed E-state index contributed by atoms with van der Waals surface area (Å²) in [6, 6.07) is 2.68. The van der Waals surface area contributed by atoms with Crippen molar-refractivity contribution in [2.75, 3.05) is 6.54 Å². The van der Waals surface area contributed by atoms with E-state index in [4.69, 9.17) is 0 Å². The van der Waals surface area contributed by atoms with Crippen molar-refractivity contribution in [3.63, 3.8) is 0 Å². The summed E-state index contributed by atoms with van der Waals surface area (Å²) >= 11 is 1.83. The molecular weight excluding hydrogens is 230 g/mol. The van der Waals surface area contributed by atoms with Gasteiger partial charge in [0.25, 0.3) is 0 Å². The van der Waals surface area contributed by atoms with Gasteiger partial charge in [-0.3, -0.25) is 0 Å². The number of imidazole rings is 1. The first-order chi connectivity index (χ1) is 8.34. The van der Waals surface area contributed by atoms with Crippen molar-refractivity contribution < 1.29 is 0 Å². The minimum Gasteiger partial charge on any atom is -0.328 e. The van der Waals surface area contributed by atoms with Crippen molar-refractivity contribution in [3.05, 3.63) is 40.1 Å². The van der Waals surface area contributed by atoms with Crippen LogP contribution in [0.3, 0.4) is 0 Å². The standard InChI is InChI=1S/C13H17N3S/c1-10-4-6-17-13(10)8-16-9-14-7-12(16)11-3-2-5-15-11/h4,6-7,9,11,15H,2-3,5,8H2,1H3/t11-/m0/s1. The van der Waals surface area contributed by atoms with Gasteiger partial charge in [0.2, 0.25) is 0 Å². The third-order valence-corrected chi connectivity index (χ3v) is 4.45. The number of nitrogens with zero attached hydrogens (tertiary/aromatic N) is 2. The molecule has 2 aromatic heterocycles. The van der Waals surface area contributed by atoms with Gasteiger partial charge in [-0.15, -0.1) is 11.3 Å². The predicted molar refractivity (Wildman–Crippen MR) is 70.4 cm³/mol. The van der Waals surface area contributed by atoms with Gasteiger partial charge in [0.05, 0.1) is 18.6 Å². The minimum absolute atomic E-state index is 0.498. The fraction of sp³-hybridized carbons (Fsp3) is 0.462. The van der Waals surface area contributed by atoms with Gasteiger partial charge >= 0.3 is 0 Å². The van der Waals surface area contributed by atoms with Crippen LogP contribution in [0.4, 0.5) is 0 Å². The van der Waals surface area contributed by atoms with Gasteiger partial charge in [0, 0.05) is 17.1 Å². The molecule has 90 valence electrons.